The van der Waals surface area contributed by atoms with E-state index in [2.05, 4.69) is 0 Å². The van der Waals surface area contributed by atoms with Crippen LogP contribution in [0.1, 0.15) is 103 Å². The maximum Gasteiger partial charge on any atom is 0.344 e. The van der Waals surface area contributed by atoms with E-state index in [1.807, 2.05) is 12.1 Å². The topological polar surface area (TPSA) is 80.7 Å². The first-order valence-corrected chi connectivity index (χ1v) is 13.2. The van der Waals surface area contributed by atoms with Gasteiger partial charge < -0.3 is 4.74 Å². The van der Waals surface area contributed by atoms with Crippen molar-refractivity contribution in [3.8, 4) is 5.75 Å². The summed E-state index contributed by atoms with van der Waals surface area (Å²) >= 11 is 0. The molecule has 3 aliphatic carbocycles. The van der Waals surface area contributed by atoms with E-state index in [1.54, 1.807) is 0 Å². The standard InChI is InChI=1S/C25H24F4O5S/c26-19-21(28)24(35(31,32)33)22(29)20(27)23(19)34-25(30)18-16(13-6-2-7-13)10-15(12-4-1-5-12)11-17(18)14-8-3-9-14/h10-14H,1-9H2,(H,31,32,33). The van der Waals surface area contributed by atoms with E-state index in [0.717, 1.165) is 74.5 Å². The van der Waals surface area contributed by atoms with Crippen LogP contribution in [0.3, 0.4) is 0 Å². The molecule has 0 amide bonds. The molecular weight excluding hydrogens is 488 g/mol. The number of ether oxygens (including phenoxy) is 1. The molecule has 3 aliphatic rings. The highest BCUT2D eigenvalue weighted by atomic mass is 32.2. The largest absolute Gasteiger partial charge is 0.416 e. The van der Waals surface area contributed by atoms with Crippen molar-refractivity contribution in [2.24, 2.45) is 0 Å². The Balaban J connectivity index is 1.61. The van der Waals surface area contributed by atoms with E-state index >= 15 is 0 Å². The molecule has 0 radical (unpaired) electrons. The number of esters is 1. The molecule has 5 rings (SSSR count). The fraction of sp³-hybridized carbons (Fsp3) is 0.480. The van der Waals surface area contributed by atoms with Crippen LogP contribution < -0.4 is 4.74 Å². The number of halogens is 4. The predicted molar refractivity (Wildman–Crippen MR) is 117 cm³/mol. The fourth-order valence-electron chi connectivity index (χ4n) is 5.06. The summed E-state index contributed by atoms with van der Waals surface area (Å²) in [5.41, 5.74) is 2.75. The van der Waals surface area contributed by atoms with Gasteiger partial charge in [-0.2, -0.15) is 17.2 Å². The Morgan fingerprint density at radius 2 is 1.20 bits per heavy atom. The Kier molecular flexibility index (Phi) is 6.15. The maximum atomic E-state index is 14.6. The predicted octanol–water partition coefficient (Wildman–Crippen LogP) is 6.51. The third-order valence-electron chi connectivity index (χ3n) is 7.73. The van der Waals surface area contributed by atoms with Gasteiger partial charge in [-0.25, -0.2) is 13.6 Å². The summed E-state index contributed by atoms with van der Waals surface area (Å²) in [5, 5.41) is 0. The number of rotatable bonds is 6. The van der Waals surface area contributed by atoms with Gasteiger partial charge >= 0.3 is 16.1 Å². The number of carbonyl (C=O) groups excluding carboxylic acids is 1. The van der Waals surface area contributed by atoms with E-state index in [-0.39, 0.29) is 17.4 Å². The van der Waals surface area contributed by atoms with Gasteiger partial charge in [0.15, 0.2) is 16.5 Å². The van der Waals surface area contributed by atoms with Crippen molar-refractivity contribution in [1.82, 2.24) is 0 Å². The monoisotopic (exact) mass is 512 g/mol. The lowest BCUT2D eigenvalue weighted by Crippen LogP contribution is -2.24. The summed E-state index contributed by atoms with van der Waals surface area (Å²) in [6.07, 6.45) is 8.54. The van der Waals surface area contributed by atoms with E-state index < -0.39 is 50.0 Å². The van der Waals surface area contributed by atoms with Crippen LogP contribution in [-0.4, -0.2) is 18.9 Å². The zero-order valence-electron chi connectivity index (χ0n) is 18.8. The fourth-order valence-corrected chi connectivity index (χ4v) is 5.69. The quantitative estimate of drug-likeness (QED) is 0.157. The number of benzene rings is 2. The van der Waals surface area contributed by atoms with Crippen molar-refractivity contribution in [1.29, 1.82) is 0 Å². The summed E-state index contributed by atoms with van der Waals surface area (Å²) in [6.45, 7) is 0. The first-order valence-electron chi connectivity index (χ1n) is 11.8. The Labute approximate surface area is 200 Å². The van der Waals surface area contributed by atoms with Crippen molar-refractivity contribution >= 4 is 16.1 Å². The molecule has 0 unspecified atom stereocenters. The van der Waals surface area contributed by atoms with E-state index in [1.165, 1.54) is 0 Å². The zero-order valence-corrected chi connectivity index (χ0v) is 19.6. The minimum atomic E-state index is -5.61. The smallest absolute Gasteiger partial charge is 0.344 e. The molecule has 0 heterocycles. The van der Waals surface area contributed by atoms with Gasteiger partial charge in [0.05, 0.1) is 5.56 Å². The minimum absolute atomic E-state index is 0.0708. The molecule has 3 fully saturated rings. The van der Waals surface area contributed by atoms with Crippen molar-refractivity contribution in [2.45, 2.75) is 80.4 Å². The lowest BCUT2D eigenvalue weighted by atomic mass is 9.69. The molecule has 10 heteroatoms. The molecule has 1 N–H and O–H groups in total. The number of hydrogen-bond acceptors (Lipinski definition) is 4. The Morgan fingerprint density at radius 3 is 1.54 bits per heavy atom. The van der Waals surface area contributed by atoms with Gasteiger partial charge in [-0.1, -0.05) is 31.4 Å². The van der Waals surface area contributed by atoms with Crippen LogP contribution in [-0.2, 0) is 10.1 Å². The third-order valence-corrected chi connectivity index (χ3v) is 8.60. The van der Waals surface area contributed by atoms with Crippen LogP contribution in [0.5, 0.6) is 5.75 Å². The molecule has 5 nitrogen and oxygen atoms in total. The maximum absolute atomic E-state index is 14.6. The second-order valence-electron chi connectivity index (χ2n) is 9.74. The van der Waals surface area contributed by atoms with Crippen molar-refractivity contribution < 1.29 is 40.1 Å². The third kappa shape index (κ3) is 4.14. The van der Waals surface area contributed by atoms with Crippen LogP contribution in [0.25, 0.3) is 0 Å². The lowest BCUT2D eigenvalue weighted by Gasteiger charge is -2.35. The van der Waals surface area contributed by atoms with Gasteiger partial charge in [0.25, 0.3) is 0 Å². The molecule has 0 atom stereocenters. The van der Waals surface area contributed by atoms with Crippen molar-refractivity contribution in [3.63, 3.8) is 0 Å². The number of hydrogen-bond donors (Lipinski definition) is 1. The molecule has 2 aromatic rings. The second kappa shape index (κ2) is 8.89. The first-order chi connectivity index (χ1) is 16.6. The van der Waals surface area contributed by atoms with Gasteiger partial charge in [0.1, 0.15) is 0 Å². The lowest BCUT2D eigenvalue weighted by molar-refractivity contribution is 0.0711. The van der Waals surface area contributed by atoms with E-state index in [0.29, 0.717) is 5.92 Å². The minimum Gasteiger partial charge on any atom is -0.416 e. The summed E-state index contributed by atoms with van der Waals surface area (Å²) in [5.74, 6) is -11.5. The van der Waals surface area contributed by atoms with Crippen LogP contribution >= 0.6 is 0 Å². The molecule has 0 saturated heterocycles. The van der Waals surface area contributed by atoms with Gasteiger partial charge in [-0.05, 0) is 73.0 Å². The molecule has 0 aromatic heterocycles. The summed E-state index contributed by atoms with van der Waals surface area (Å²) in [7, 11) is -5.61. The molecule has 0 bridgehead atoms. The average Bonchev–Trinajstić information content (AvgIpc) is 2.64. The van der Waals surface area contributed by atoms with Crippen molar-refractivity contribution in [3.05, 3.63) is 57.7 Å². The molecule has 2 aromatic carbocycles. The van der Waals surface area contributed by atoms with Gasteiger partial charge in [0.2, 0.25) is 17.4 Å². The Morgan fingerprint density at radius 1 is 0.771 bits per heavy atom. The summed E-state index contributed by atoms with van der Waals surface area (Å²) in [6, 6.07) is 3.92. The Hall–Kier alpha value is -2.46. The molecule has 35 heavy (non-hydrogen) atoms. The number of carbonyl (C=O) groups is 1. The van der Waals surface area contributed by atoms with E-state index in [4.69, 9.17) is 9.29 Å². The zero-order chi connectivity index (χ0) is 25.1. The molecule has 3 saturated carbocycles. The molecule has 188 valence electrons. The molecule has 0 spiro atoms. The van der Waals surface area contributed by atoms with Crippen molar-refractivity contribution in [2.75, 3.05) is 0 Å². The summed E-state index contributed by atoms with van der Waals surface area (Å²) in [4.78, 5) is 11.2. The van der Waals surface area contributed by atoms with E-state index in [9.17, 15) is 30.8 Å². The van der Waals surface area contributed by atoms with Crippen LogP contribution in [0.15, 0.2) is 17.0 Å². The van der Waals surface area contributed by atoms with Gasteiger partial charge in [0, 0.05) is 0 Å². The highest BCUT2D eigenvalue weighted by Crippen LogP contribution is 2.48. The summed E-state index contributed by atoms with van der Waals surface area (Å²) < 4.78 is 94.0. The second-order valence-corrected chi connectivity index (χ2v) is 11.1. The van der Waals surface area contributed by atoms with Crippen LogP contribution in [0, 0.1) is 23.3 Å². The normalized spacial score (nSPS) is 19.1. The van der Waals surface area contributed by atoms with Gasteiger partial charge in [-0.3, -0.25) is 4.55 Å². The Bertz CT molecular complexity index is 1250. The van der Waals surface area contributed by atoms with Gasteiger partial charge in [-0.15, -0.1) is 0 Å². The molecule has 0 aliphatic heterocycles. The first kappa shape index (κ1) is 24.2. The highest BCUT2D eigenvalue weighted by Gasteiger charge is 2.37. The molecular formula is C25H24F4O5S. The van der Waals surface area contributed by atoms with Crippen LogP contribution in [0.4, 0.5) is 17.6 Å². The highest BCUT2D eigenvalue weighted by molar-refractivity contribution is 7.85. The van der Waals surface area contributed by atoms with Crippen LogP contribution in [0.2, 0.25) is 0 Å². The average molecular weight is 513 g/mol. The SMILES string of the molecule is O=C(Oc1c(F)c(F)c(S(=O)(=O)O)c(F)c1F)c1c(C2CCC2)cc(C2CCC2)cc1C1CCC1.